The molecule has 2 aromatic heterocycles. The molecular weight excluding hydrogens is 450 g/mol. The Morgan fingerprint density at radius 1 is 1.06 bits per heavy atom. The summed E-state index contributed by atoms with van der Waals surface area (Å²) in [6, 6.07) is 18.7. The monoisotopic (exact) mass is 471 g/mol. The molecule has 0 aliphatic carbocycles. The van der Waals surface area contributed by atoms with Crippen molar-refractivity contribution >= 4 is 34.7 Å². The minimum atomic E-state index is -0.281. The van der Waals surface area contributed by atoms with Crippen molar-refractivity contribution in [3.05, 3.63) is 103 Å². The van der Waals surface area contributed by atoms with Gasteiger partial charge in [-0.3, -0.25) is 9.78 Å². The molecule has 8 heteroatoms. The van der Waals surface area contributed by atoms with Crippen molar-refractivity contribution in [2.45, 2.75) is 6.42 Å². The summed E-state index contributed by atoms with van der Waals surface area (Å²) in [4.78, 5) is 24.5. The standard InChI is InChI=1S/C26H22ClN5O2/c1-2-25(33)31-20-8-5-6-18(14-20)22-16-28-17-30-26(22)32-21-9-10-24(23(27)15-21)34-13-11-19-7-3-4-12-29-19/h2-10,12,14-17H,1,11,13H2,(H,31,33)(H,28,30,32). The van der Waals surface area contributed by atoms with Crippen molar-refractivity contribution in [3.8, 4) is 16.9 Å². The molecule has 0 fully saturated rings. The maximum atomic E-state index is 11.6. The van der Waals surface area contributed by atoms with Crippen LogP contribution in [0.4, 0.5) is 17.2 Å². The maximum absolute atomic E-state index is 11.6. The van der Waals surface area contributed by atoms with E-state index in [0.29, 0.717) is 35.3 Å². The summed E-state index contributed by atoms with van der Waals surface area (Å²) in [5, 5.41) is 6.53. The summed E-state index contributed by atoms with van der Waals surface area (Å²) < 4.78 is 5.83. The van der Waals surface area contributed by atoms with Crippen LogP contribution in [-0.4, -0.2) is 27.5 Å². The van der Waals surface area contributed by atoms with Crippen LogP contribution in [0, 0.1) is 0 Å². The SMILES string of the molecule is C=CC(=O)Nc1cccc(-c2cncnc2Nc2ccc(OCCc3ccccn3)c(Cl)c2)c1. The van der Waals surface area contributed by atoms with Gasteiger partial charge in [-0.1, -0.05) is 36.4 Å². The quantitative estimate of drug-likeness (QED) is 0.305. The molecule has 0 aliphatic rings. The summed E-state index contributed by atoms with van der Waals surface area (Å²) in [7, 11) is 0. The first-order valence-corrected chi connectivity index (χ1v) is 10.9. The highest BCUT2D eigenvalue weighted by atomic mass is 35.5. The zero-order valence-corrected chi connectivity index (χ0v) is 19.0. The molecule has 1 amide bonds. The molecule has 0 aliphatic heterocycles. The van der Waals surface area contributed by atoms with Gasteiger partial charge in [0.25, 0.3) is 0 Å². The Labute approximate surface area is 202 Å². The van der Waals surface area contributed by atoms with E-state index in [4.69, 9.17) is 16.3 Å². The minimum Gasteiger partial charge on any atom is -0.492 e. The van der Waals surface area contributed by atoms with Gasteiger partial charge in [0.15, 0.2) is 0 Å². The summed E-state index contributed by atoms with van der Waals surface area (Å²) in [5.74, 6) is 0.913. The Balaban J connectivity index is 1.47. The normalized spacial score (nSPS) is 10.4. The van der Waals surface area contributed by atoms with Crippen LogP contribution in [-0.2, 0) is 11.2 Å². The number of halogens is 1. The van der Waals surface area contributed by atoms with Crippen LogP contribution in [0.15, 0.2) is 92.0 Å². The molecule has 0 atom stereocenters. The number of hydrogen-bond acceptors (Lipinski definition) is 6. The molecule has 0 radical (unpaired) electrons. The van der Waals surface area contributed by atoms with E-state index >= 15 is 0 Å². The number of pyridine rings is 1. The third kappa shape index (κ3) is 5.96. The number of carbonyl (C=O) groups excluding carboxylic acids is 1. The smallest absolute Gasteiger partial charge is 0.247 e. The lowest BCUT2D eigenvalue weighted by atomic mass is 10.1. The van der Waals surface area contributed by atoms with Crippen molar-refractivity contribution < 1.29 is 9.53 Å². The molecule has 0 saturated heterocycles. The highest BCUT2D eigenvalue weighted by Gasteiger charge is 2.10. The number of amides is 1. The number of anilines is 3. The van der Waals surface area contributed by atoms with Gasteiger partial charge >= 0.3 is 0 Å². The maximum Gasteiger partial charge on any atom is 0.247 e. The van der Waals surface area contributed by atoms with Crippen molar-refractivity contribution in [1.82, 2.24) is 15.0 Å². The van der Waals surface area contributed by atoms with Gasteiger partial charge in [-0.05, 0) is 54.1 Å². The van der Waals surface area contributed by atoms with Gasteiger partial charge in [0.1, 0.15) is 17.9 Å². The summed E-state index contributed by atoms with van der Waals surface area (Å²) in [5.41, 5.74) is 3.96. The number of ether oxygens (including phenoxy) is 1. The average molecular weight is 472 g/mol. The minimum absolute atomic E-state index is 0.281. The van der Waals surface area contributed by atoms with Gasteiger partial charge in [0, 0.05) is 41.4 Å². The topological polar surface area (TPSA) is 89.0 Å². The van der Waals surface area contributed by atoms with Crippen LogP contribution in [0.2, 0.25) is 5.02 Å². The van der Waals surface area contributed by atoms with E-state index in [2.05, 4.69) is 32.2 Å². The van der Waals surface area contributed by atoms with Gasteiger partial charge < -0.3 is 15.4 Å². The van der Waals surface area contributed by atoms with Gasteiger partial charge in [-0.15, -0.1) is 0 Å². The molecule has 0 bridgehead atoms. The lowest BCUT2D eigenvalue weighted by molar-refractivity contribution is -0.111. The first kappa shape index (κ1) is 22.9. The second kappa shape index (κ2) is 11.1. The fourth-order valence-electron chi connectivity index (χ4n) is 3.24. The Kier molecular flexibility index (Phi) is 7.47. The molecule has 4 aromatic rings. The predicted octanol–water partition coefficient (Wildman–Crippen LogP) is 5.68. The number of carbonyl (C=O) groups is 1. The van der Waals surface area contributed by atoms with Crippen LogP contribution in [0.1, 0.15) is 5.69 Å². The molecular formula is C26H22ClN5O2. The number of rotatable bonds is 9. The number of nitrogens with zero attached hydrogens (tertiary/aromatic N) is 3. The van der Waals surface area contributed by atoms with Crippen LogP contribution in [0.3, 0.4) is 0 Å². The summed E-state index contributed by atoms with van der Waals surface area (Å²) in [6.45, 7) is 3.95. The van der Waals surface area contributed by atoms with Crippen molar-refractivity contribution in [1.29, 1.82) is 0 Å². The molecule has 0 saturated carbocycles. The first-order chi connectivity index (χ1) is 16.6. The molecule has 0 spiro atoms. The van der Waals surface area contributed by atoms with Crippen molar-refractivity contribution in [2.75, 3.05) is 17.2 Å². The van der Waals surface area contributed by atoms with E-state index in [9.17, 15) is 4.79 Å². The Morgan fingerprint density at radius 2 is 1.97 bits per heavy atom. The fraction of sp³-hybridized carbons (Fsp3) is 0.0769. The van der Waals surface area contributed by atoms with Crippen molar-refractivity contribution in [3.63, 3.8) is 0 Å². The lowest BCUT2D eigenvalue weighted by Gasteiger charge is -2.13. The Bertz CT molecular complexity index is 1300. The van der Waals surface area contributed by atoms with E-state index in [-0.39, 0.29) is 5.91 Å². The van der Waals surface area contributed by atoms with E-state index in [0.717, 1.165) is 22.5 Å². The van der Waals surface area contributed by atoms with E-state index < -0.39 is 0 Å². The molecule has 2 N–H and O–H groups in total. The van der Waals surface area contributed by atoms with Crippen LogP contribution >= 0.6 is 11.6 Å². The number of nitrogens with one attached hydrogen (secondary N) is 2. The predicted molar refractivity (Wildman–Crippen MR) is 134 cm³/mol. The van der Waals surface area contributed by atoms with Gasteiger partial charge in [-0.25, -0.2) is 9.97 Å². The van der Waals surface area contributed by atoms with Gasteiger partial charge in [0.05, 0.1) is 11.6 Å². The number of hydrogen-bond donors (Lipinski definition) is 2. The summed E-state index contributed by atoms with van der Waals surface area (Å²) >= 11 is 6.46. The second-order valence-corrected chi connectivity index (χ2v) is 7.66. The molecule has 170 valence electrons. The molecule has 4 rings (SSSR count). The van der Waals surface area contributed by atoms with Gasteiger partial charge in [-0.2, -0.15) is 0 Å². The van der Waals surface area contributed by atoms with E-state index in [1.807, 2.05) is 48.5 Å². The summed E-state index contributed by atoms with van der Waals surface area (Å²) in [6.07, 6.45) is 6.85. The largest absolute Gasteiger partial charge is 0.492 e. The first-order valence-electron chi connectivity index (χ1n) is 10.6. The van der Waals surface area contributed by atoms with Crippen molar-refractivity contribution in [2.24, 2.45) is 0 Å². The van der Waals surface area contributed by atoms with Crippen LogP contribution < -0.4 is 15.4 Å². The van der Waals surface area contributed by atoms with E-state index in [1.54, 1.807) is 24.5 Å². The molecule has 7 nitrogen and oxygen atoms in total. The second-order valence-electron chi connectivity index (χ2n) is 7.25. The number of benzene rings is 2. The fourth-order valence-corrected chi connectivity index (χ4v) is 3.48. The van der Waals surface area contributed by atoms with Crippen LogP contribution in [0.25, 0.3) is 11.1 Å². The third-order valence-electron chi connectivity index (χ3n) is 4.88. The van der Waals surface area contributed by atoms with Gasteiger partial charge in [0.2, 0.25) is 5.91 Å². The molecule has 2 heterocycles. The molecule has 34 heavy (non-hydrogen) atoms. The lowest BCUT2D eigenvalue weighted by Crippen LogP contribution is -2.07. The number of aromatic nitrogens is 3. The van der Waals surface area contributed by atoms with E-state index in [1.165, 1.54) is 12.4 Å². The zero-order valence-electron chi connectivity index (χ0n) is 18.2. The zero-order chi connectivity index (χ0) is 23.8. The third-order valence-corrected chi connectivity index (χ3v) is 5.17. The Hall–Kier alpha value is -4.23. The highest BCUT2D eigenvalue weighted by molar-refractivity contribution is 6.32. The van der Waals surface area contributed by atoms with Crippen LogP contribution in [0.5, 0.6) is 5.75 Å². The Morgan fingerprint density at radius 3 is 2.76 bits per heavy atom. The highest BCUT2D eigenvalue weighted by Crippen LogP contribution is 2.32. The molecule has 2 aromatic carbocycles. The molecule has 0 unspecified atom stereocenters. The average Bonchev–Trinajstić information content (AvgIpc) is 2.86.